The molecule has 2 saturated heterocycles. The number of hydrogen-bond donors (Lipinski definition) is 1. The van der Waals surface area contributed by atoms with E-state index < -0.39 is 18.6 Å². The molecule has 4 aromatic carbocycles. The number of aliphatic carboxylic acids is 1. The van der Waals surface area contributed by atoms with Crippen LogP contribution in [-0.2, 0) is 17.9 Å². The van der Waals surface area contributed by atoms with Gasteiger partial charge in [0.1, 0.15) is 28.9 Å². The molecule has 10 nitrogen and oxygen atoms in total. The van der Waals surface area contributed by atoms with Gasteiger partial charge in [-0.1, -0.05) is 35.9 Å². The van der Waals surface area contributed by atoms with Gasteiger partial charge in [0.15, 0.2) is 11.2 Å². The first kappa shape index (κ1) is 36.2. The molecule has 55 heavy (non-hydrogen) atoms. The number of ether oxygens (including phenoxy) is 1. The van der Waals surface area contributed by atoms with E-state index in [1.807, 2.05) is 55.5 Å². The predicted molar refractivity (Wildman–Crippen MR) is 202 cm³/mol. The maximum atomic E-state index is 13.5. The van der Waals surface area contributed by atoms with E-state index in [0.29, 0.717) is 75.4 Å². The number of oxazole rings is 2. The molecule has 0 radical (unpaired) electrons. The van der Waals surface area contributed by atoms with Crippen LogP contribution in [0.15, 0.2) is 69.5 Å². The zero-order valence-electron chi connectivity index (χ0n) is 29.7. The van der Waals surface area contributed by atoms with Crippen molar-refractivity contribution in [2.24, 2.45) is 5.92 Å². The number of fused-ring (bicyclic) bond motifs is 2. The van der Waals surface area contributed by atoms with Crippen molar-refractivity contribution in [3.05, 3.63) is 87.9 Å². The summed E-state index contributed by atoms with van der Waals surface area (Å²) in [7, 11) is 0. The van der Waals surface area contributed by atoms with Crippen LogP contribution in [0.2, 0.25) is 5.02 Å². The Kier molecular flexibility index (Phi) is 9.74. The highest BCUT2D eigenvalue weighted by atomic mass is 35.5. The van der Waals surface area contributed by atoms with Crippen molar-refractivity contribution in [2.45, 2.75) is 51.9 Å². The Bertz CT molecular complexity index is 2550. The maximum absolute atomic E-state index is 13.5. The van der Waals surface area contributed by atoms with E-state index in [0.717, 1.165) is 36.2 Å². The van der Waals surface area contributed by atoms with Crippen molar-refractivity contribution < 1.29 is 32.3 Å². The molecule has 1 unspecified atom stereocenters. The fourth-order valence-electron chi connectivity index (χ4n) is 7.77. The van der Waals surface area contributed by atoms with Crippen LogP contribution in [0, 0.1) is 36.5 Å². The second kappa shape index (κ2) is 14.8. The average molecular weight is 762 g/mol. The Hall–Kier alpha value is -5.79. The smallest absolute Gasteiger partial charge is 0.387 e. The second-order valence-electron chi connectivity index (χ2n) is 13.9. The molecule has 2 fully saturated rings. The SMILES string of the molecule is C#CC1CCN(Cc2cc(C#N)c3oc(-c4cccc(-c5cccc(-c6nc7cc(CN8CCC[C@H]8C(=O)O)c(OC(F)F)cc7o6)c5C)c4Cl)nc3c2)C1. The van der Waals surface area contributed by atoms with Gasteiger partial charge in [-0.25, -0.2) is 9.97 Å². The summed E-state index contributed by atoms with van der Waals surface area (Å²) in [6.45, 7) is 1.79. The quantitative estimate of drug-likeness (QED) is 0.135. The molecule has 2 aliphatic rings. The minimum absolute atomic E-state index is 0.0996. The average Bonchev–Trinajstić information content (AvgIpc) is 3.98. The fraction of sp³-hybridized carbons (Fsp3) is 0.286. The zero-order chi connectivity index (χ0) is 38.4. The molecule has 0 aliphatic carbocycles. The minimum atomic E-state index is -3.09. The number of aromatic nitrogens is 2. The molecular formula is C42H34ClF2N5O5. The highest BCUT2D eigenvalue weighted by Crippen LogP contribution is 2.42. The van der Waals surface area contributed by atoms with Gasteiger partial charge in [-0.3, -0.25) is 14.6 Å². The van der Waals surface area contributed by atoms with Crippen molar-refractivity contribution in [1.82, 2.24) is 19.8 Å². The molecule has 2 aromatic heterocycles. The monoisotopic (exact) mass is 761 g/mol. The summed E-state index contributed by atoms with van der Waals surface area (Å²) in [5.74, 6) is 2.54. The maximum Gasteiger partial charge on any atom is 0.387 e. The summed E-state index contributed by atoms with van der Waals surface area (Å²) in [4.78, 5) is 25.3. The van der Waals surface area contributed by atoms with Crippen molar-refractivity contribution in [2.75, 3.05) is 19.6 Å². The first-order valence-corrected chi connectivity index (χ1v) is 18.2. The summed E-state index contributed by atoms with van der Waals surface area (Å²) < 4.78 is 44.2. The van der Waals surface area contributed by atoms with E-state index >= 15 is 0 Å². The summed E-state index contributed by atoms with van der Waals surface area (Å²) in [5.41, 5.74) is 6.78. The molecule has 0 spiro atoms. The third-order valence-corrected chi connectivity index (χ3v) is 10.9. The van der Waals surface area contributed by atoms with Crippen LogP contribution < -0.4 is 4.74 Å². The summed E-state index contributed by atoms with van der Waals surface area (Å²) in [6, 6.07) is 19.4. The first-order chi connectivity index (χ1) is 26.6. The van der Waals surface area contributed by atoms with Gasteiger partial charge in [0.25, 0.3) is 0 Å². The number of carboxylic acid groups (broad SMARTS) is 1. The highest BCUT2D eigenvalue weighted by Gasteiger charge is 2.32. The van der Waals surface area contributed by atoms with E-state index in [9.17, 15) is 23.9 Å². The van der Waals surface area contributed by atoms with E-state index in [4.69, 9.17) is 41.6 Å². The first-order valence-electron chi connectivity index (χ1n) is 17.9. The summed E-state index contributed by atoms with van der Waals surface area (Å²) >= 11 is 7.12. The number of likely N-dealkylation sites (tertiary alicyclic amines) is 2. The van der Waals surface area contributed by atoms with Gasteiger partial charge in [0.2, 0.25) is 11.8 Å². The zero-order valence-corrected chi connectivity index (χ0v) is 30.4. The molecule has 0 amide bonds. The molecule has 13 heteroatoms. The molecular weight excluding hydrogens is 728 g/mol. The molecule has 8 rings (SSSR count). The molecule has 6 aromatic rings. The second-order valence-corrected chi connectivity index (χ2v) is 14.3. The lowest BCUT2D eigenvalue weighted by Crippen LogP contribution is -2.35. The third-order valence-electron chi connectivity index (χ3n) is 10.5. The van der Waals surface area contributed by atoms with Gasteiger partial charge in [0, 0.05) is 48.3 Å². The number of nitriles is 1. The molecule has 2 atom stereocenters. The Morgan fingerprint density at radius 3 is 2.51 bits per heavy atom. The van der Waals surface area contributed by atoms with Crippen LogP contribution >= 0.6 is 11.6 Å². The Balaban J connectivity index is 1.12. The van der Waals surface area contributed by atoms with E-state index in [1.54, 1.807) is 11.0 Å². The number of hydrogen-bond acceptors (Lipinski definition) is 9. The van der Waals surface area contributed by atoms with Crippen LogP contribution in [0.25, 0.3) is 56.2 Å². The van der Waals surface area contributed by atoms with E-state index in [-0.39, 0.29) is 35.6 Å². The number of carbonyl (C=O) groups is 1. The van der Waals surface area contributed by atoms with Gasteiger partial charge in [0.05, 0.1) is 16.1 Å². The van der Waals surface area contributed by atoms with Crippen LogP contribution in [0.5, 0.6) is 5.75 Å². The Labute approximate surface area is 319 Å². The number of halogens is 3. The normalized spacial score (nSPS) is 17.7. The van der Waals surface area contributed by atoms with Gasteiger partial charge >= 0.3 is 12.6 Å². The van der Waals surface area contributed by atoms with Crippen LogP contribution in [0.3, 0.4) is 0 Å². The summed E-state index contributed by atoms with van der Waals surface area (Å²) in [6.07, 6.45) is 7.75. The Morgan fingerprint density at radius 1 is 1.02 bits per heavy atom. The lowest BCUT2D eigenvalue weighted by atomic mass is 9.95. The summed E-state index contributed by atoms with van der Waals surface area (Å²) in [5, 5.41) is 20.0. The lowest BCUT2D eigenvalue weighted by molar-refractivity contribution is -0.142. The number of benzene rings is 4. The fourth-order valence-corrected chi connectivity index (χ4v) is 8.08. The lowest BCUT2D eigenvalue weighted by Gasteiger charge is -2.22. The molecule has 0 saturated carbocycles. The number of alkyl halides is 2. The molecule has 278 valence electrons. The van der Waals surface area contributed by atoms with Crippen LogP contribution in [0.4, 0.5) is 8.78 Å². The van der Waals surface area contributed by atoms with Crippen molar-refractivity contribution in [1.29, 1.82) is 5.26 Å². The number of nitrogens with zero attached hydrogens (tertiary/aromatic N) is 5. The van der Waals surface area contributed by atoms with Crippen LogP contribution in [-0.4, -0.2) is 63.1 Å². The van der Waals surface area contributed by atoms with Gasteiger partial charge < -0.3 is 18.7 Å². The van der Waals surface area contributed by atoms with Gasteiger partial charge in [-0.15, -0.1) is 12.3 Å². The topological polar surface area (TPSA) is 129 Å². The van der Waals surface area contributed by atoms with Crippen molar-refractivity contribution >= 4 is 39.8 Å². The largest absolute Gasteiger partial charge is 0.480 e. The van der Waals surface area contributed by atoms with Crippen molar-refractivity contribution in [3.63, 3.8) is 0 Å². The molecule has 4 heterocycles. The predicted octanol–water partition coefficient (Wildman–Crippen LogP) is 8.91. The molecule has 1 N–H and O–H groups in total. The number of carboxylic acids is 1. The molecule has 0 bridgehead atoms. The highest BCUT2D eigenvalue weighted by molar-refractivity contribution is 6.36. The third kappa shape index (κ3) is 7.01. The minimum Gasteiger partial charge on any atom is -0.480 e. The van der Waals surface area contributed by atoms with E-state index in [2.05, 4.69) is 16.9 Å². The molecule has 2 aliphatic heterocycles. The number of terminal acetylenes is 1. The number of rotatable bonds is 10. The van der Waals surface area contributed by atoms with E-state index in [1.165, 1.54) is 6.07 Å². The standard InChI is InChI=1S/C42H34ClF2N5O5/c1-3-24-12-14-49(20-24)21-25-15-26(19-46)38-33(16-25)48-40(55-38)31-10-5-9-30(37(31)43)28-7-4-8-29(23(28)2)39-47-32-17-27(22-50-13-6-11-34(50)41(51)52)35(54-42(44)45)18-36(32)53-39/h1,4-5,7-10,15-18,24,34,42H,6,11-14,20-22H2,2H3,(H,51,52)/t24?,34-/m0/s1. The van der Waals surface area contributed by atoms with Gasteiger partial charge in [-0.2, -0.15) is 14.0 Å². The van der Waals surface area contributed by atoms with Crippen LogP contribution in [0.1, 0.15) is 41.5 Å². The van der Waals surface area contributed by atoms with Gasteiger partial charge in [-0.05, 0) is 86.3 Å². The Morgan fingerprint density at radius 2 is 1.76 bits per heavy atom. The van der Waals surface area contributed by atoms with Crippen molar-refractivity contribution in [3.8, 4) is 58.2 Å².